The van der Waals surface area contributed by atoms with Gasteiger partial charge in [-0.3, -0.25) is 4.99 Å². The van der Waals surface area contributed by atoms with E-state index in [2.05, 4.69) is 18.8 Å². The van der Waals surface area contributed by atoms with Gasteiger partial charge in [0.25, 0.3) is 0 Å². The summed E-state index contributed by atoms with van der Waals surface area (Å²) in [6.07, 6.45) is 2.20. The second kappa shape index (κ2) is 5.38. The summed E-state index contributed by atoms with van der Waals surface area (Å²) in [5.74, 6) is 0.867. The molecule has 0 spiro atoms. The Kier molecular flexibility index (Phi) is 3.84. The summed E-state index contributed by atoms with van der Waals surface area (Å²) in [6.45, 7) is 5.10. The predicted molar refractivity (Wildman–Crippen MR) is 73.2 cm³/mol. The Hall–Kier alpha value is -1.58. The van der Waals surface area contributed by atoms with Crippen molar-refractivity contribution in [3.05, 3.63) is 30.1 Å². The van der Waals surface area contributed by atoms with E-state index in [1.165, 1.54) is 12.1 Å². The van der Waals surface area contributed by atoms with Gasteiger partial charge in [0.15, 0.2) is 5.96 Å². The van der Waals surface area contributed by atoms with Gasteiger partial charge in [-0.05, 0) is 30.2 Å². The highest BCUT2D eigenvalue weighted by Gasteiger charge is 2.32. The SMILES string of the molecule is CCC(CC)C1CN=C(N)N1c1ccc(F)cc1. The van der Waals surface area contributed by atoms with Crippen molar-refractivity contribution in [3.8, 4) is 0 Å². The van der Waals surface area contributed by atoms with Gasteiger partial charge in [-0.15, -0.1) is 0 Å². The monoisotopic (exact) mass is 249 g/mol. The molecule has 0 aromatic heterocycles. The maximum Gasteiger partial charge on any atom is 0.196 e. The van der Waals surface area contributed by atoms with Crippen molar-refractivity contribution < 1.29 is 4.39 Å². The fourth-order valence-corrected chi connectivity index (χ4v) is 2.63. The zero-order valence-electron chi connectivity index (χ0n) is 10.9. The molecular weight excluding hydrogens is 229 g/mol. The second-order valence-electron chi connectivity index (χ2n) is 4.69. The van der Waals surface area contributed by atoms with Crippen LogP contribution in [-0.4, -0.2) is 18.5 Å². The van der Waals surface area contributed by atoms with Gasteiger partial charge in [0, 0.05) is 5.69 Å². The van der Waals surface area contributed by atoms with Crippen LogP contribution >= 0.6 is 0 Å². The molecule has 1 aliphatic heterocycles. The third-order valence-electron chi connectivity index (χ3n) is 3.72. The average Bonchev–Trinajstić information content (AvgIpc) is 2.74. The van der Waals surface area contributed by atoms with E-state index in [4.69, 9.17) is 5.73 Å². The minimum atomic E-state index is -0.229. The number of nitrogens with zero attached hydrogens (tertiary/aromatic N) is 2. The number of hydrogen-bond donors (Lipinski definition) is 1. The van der Waals surface area contributed by atoms with E-state index < -0.39 is 0 Å². The predicted octanol–water partition coefficient (Wildman–Crippen LogP) is 2.77. The number of hydrogen-bond acceptors (Lipinski definition) is 3. The molecule has 3 nitrogen and oxygen atoms in total. The lowest BCUT2D eigenvalue weighted by Gasteiger charge is -2.31. The maximum atomic E-state index is 13.0. The van der Waals surface area contributed by atoms with Crippen LogP contribution in [0.4, 0.5) is 10.1 Å². The summed E-state index contributed by atoms with van der Waals surface area (Å²) >= 11 is 0. The quantitative estimate of drug-likeness (QED) is 0.891. The van der Waals surface area contributed by atoms with E-state index >= 15 is 0 Å². The molecule has 98 valence electrons. The van der Waals surface area contributed by atoms with Gasteiger partial charge in [-0.1, -0.05) is 26.7 Å². The molecule has 0 bridgehead atoms. The number of anilines is 1. The van der Waals surface area contributed by atoms with Gasteiger partial charge in [-0.2, -0.15) is 0 Å². The van der Waals surface area contributed by atoms with E-state index in [-0.39, 0.29) is 5.82 Å². The summed E-state index contributed by atoms with van der Waals surface area (Å²) in [6, 6.07) is 6.75. The Balaban J connectivity index is 2.27. The van der Waals surface area contributed by atoms with Gasteiger partial charge in [0.2, 0.25) is 0 Å². The molecule has 1 atom stereocenters. The molecule has 1 heterocycles. The molecule has 18 heavy (non-hydrogen) atoms. The first-order valence-electron chi connectivity index (χ1n) is 6.52. The van der Waals surface area contributed by atoms with Crippen LogP contribution in [0.5, 0.6) is 0 Å². The first kappa shape index (κ1) is 12.9. The minimum absolute atomic E-state index is 0.229. The largest absolute Gasteiger partial charge is 0.370 e. The molecular formula is C14H20FN3. The van der Waals surface area contributed by atoms with E-state index in [9.17, 15) is 4.39 Å². The average molecular weight is 249 g/mol. The van der Waals surface area contributed by atoms with Crippen molar-refractivity contribution in [2.75, 3.05) is 11.4 Å². The van der Waals surface area contributed by atoms with Crippen molar-refractivity contribution in [3.63, 3.8) is 0 Å². The Morgan fingerprint density at radius 1 is 1.33 bits per heavy atom. The Morgan fingerprint density at radius 3 is 2.50 bits per heavy atom. The van der Waals surface area contributed by atoms with Crippen molar-refractivity contribution >= 4 is 11.6 Å². The van der Waals surface area contributed by atoms with Gasteiger partial charge in [0.1, 0.15) is 5.82 Å². The second-order valence-corrected chi connectivity index (χ2v) is 4.69. The third-order valence-corrected chi connectivity index (χ3v) is 3.72. The highest BCUT2D eigenvalue weighted by molar-refractivity contribution is 5.97. The van der Waals surface area contributed by atoms with Crippen LogP contribution in [0.15, 0.2) is 29.3 Å². The van der Waals surface area contributed by atoms with Crippen LogP contribution in [-0.2, 0) is 0 Å². The summed E-state index contributed by atoms with van der Waals surface area (Å²) in [7, 11) is 0. The zero-order chi connectivity index (χ0) is 13.1. The number of nitrogens with two attached hydrogens (primary N) is 1. The van der Waals surface area contributed by atoms with E-state index in [1.807, 2.05) is 4.90 Å². The van der Waals surface area contributed by atoms with Gasteiger partial charge in [0.05, 0.1) is 12.6 Å². The lowest BCUT2D eigenvalue weighted by molar-refractivity contribution is 0.412. The van der Waals surface area contributed by atoms with Gasteiger partial charge < -0.3 is 10.6 Å². The van der Waals surface area contributed by atoms with Crippen LogP contribution in [0.1, 0.15) is 26.7 Å². The van der Waals surface area contributed by atoms with E-state index in [0.717, 1.165) is 25.1 Å². The molecule has 2 N–H and O–H groups in total. The number of rotatable bonds is 4. The smallest absolute Gasteiger partial charge is 0.196 e. The van der Waals surface area contributed by atoms with Crippen LogP contribution in [0.2, 0.25) is 0 Å². The molecule has 0 aliphatic carbocycles. The molecule has 0 amide bonds. The summed E-state index contributed by atoms with van der Waals surface area (Å²) in [5.41, 5.74) is 6.89. The molecule has 0 radical (unpaired) electrons. The molecule has 0 saturated carbocycles. The van der Waals surface area contributed by atoms with Crippen LogP contribution in [0.25, 0.3) is 0 Å². The maximum absolute atomic E-state index is 13.0. The van der Waals surface area contributed by atoms with Crippen LogP contribution < -0.4 is 10.6 Å². The molecule has 1 unspecified atom stereocenters. The Bertz CT molecular complexity index is 423. The van der Waals surface area contributed by atoms with Crippen molar-refractivity contribution in [2.24, 2.45) is 16.6 Å². The molecule has 1 aromatic rings. The lowest BCUT2D eigenvalue weighted by atomic mass is 9.93. The third kappa shape index (κ3) is 2.33. The summed E-state index contributed by atoms with van der Waals surface area (Å²) in [5, 5.41) is 0. The molecule has 4 heteroatoms. The lowest BCUT2D eigenvalue weighted by Crippen LogP contribution is -2.44. The number of benzene rings is 1. The zero-order valence-corrected chi connectivity index (χ0v) is 10.9. The van der Waals surface area contributed by atoms with E-state index in [0.29, 0.717) is 17.9 Å². The summed E-state index contributed by atoms with van der Waals surface area (Å²) in [4.78, 5) is 6.38. The molecule has 0 fully saturated rings. The van der Waals surface area contributed by atoms with Crippen molar-refractivity contribution in [2.45, 2.75) is 32.7 Å². The highest BCUT2D eigenvalue weighted by Crippen LogP contribution is 2.28. The molecule has 2 rings (SSSR count). The summed E-state index contributed by atoms with van der Waals surface area (Å²) < 4.78 is 13.0. The minimum Gasteiger partial charge on any atom is -0.370 e. The molecule has 0 saturated heterocycles. The topological polar surface area (TPSA) is 41.6 Å². The Morgan fingerprint density at radius 2 is 1.94 bits per heavy atom. The fourth-order valence-electron chi connectivity index (χ4n) is 2.63. The highest BCUT2D eigenvalue weighted by atomic mass is 19.1. The standard InChI is InChI=1S/C14H20FN3/c1-3-10(4-2)13-9-17-14(16)18(13)12-7-5-11(15)6-8-12/h5-8,10,13H,3-4,9H2,1-2H3,(H2,16,17). The van der Waals surface area contributed by atoms with Gasteiger partial charge >= 0.3 is 0 Å². The normalized spacial score (nSPS) is 19.4. The number of aliphatic imine (C=N–C) groups is 1. The first-order valence-corrected chi connectivity index (χ1v) is 6.52. The van der Waals surface area contributed by atoms with Crippen LogP contribution in [0.3, 0.4) is 0 Å². The Labute approximate surface area is 108 Å². The first-order chi connectivity index (χ1) is 8.67. The van der Waals surface area contributed by atoms with Crippen molar-refractivity contribution in [1.82, 2.24) is 0 Å². The fraction of sp³-hybridized carbons (Fsp3) is 0.500. The molecule has 1 aromatic carbocycles. The molecule has 1 aliphatic rings. The number of guanidine groups is 1. The van der Waals surface area contributed by atoms with Crippen LogP contribution in [0, 0.1) is 11.7 Å². The van der Waals surface area contributed by atoms with Gasteiger partial charge in [-0.25, -0.2) is 4.39 Å². The van der Waals surface area contributed by atoms with Crippen molar-refractivity contribution in [1.29, 1.82) is 0 Å². The van der Waals surface area contributed by atoms with E-state index in [1.54, 1.807) is 12.1 Å². The number of halogens is 1.